The number of aryl methyl sites for hydroxylation is 1. The van der Waals surface area contributed by atoms with Gasteiger partial charge in [-0.15, -0.1) is 16.9 Å². The molecule has 1 atom stereocenters. The highest BCUT2D eigenvalue weighted by Crippen LogP contribution is 2.30. The zero-order valence-corrected chi connectivity index (χ0v) is 19.7. The van der Waals surface area contributed by atoms with Gasteiger partial charge in [0.2, 0.25) is 0 Å². The topological polar surface area (TPSA) is 81.2 Å². The summed E-state index contributed by atoms with van der Waals surface area (Å²) in [6.45, 7) is 0.924. The average Bonchev–Trinajstić information content (AvgIpc) is 2.98. The highest BCUT2D eigenvalue weighted by atomic mass is 32.2. The summed E-state index contributed by atoms with van der Waals surface area (Å²) >= 11 is 1.75. The van der Waals surface area contributed by atoms with Gasteiger partial charge in [-0.05, 0) is 72.7 Å². The molecular weight excluding hydrogens is 442 g/mol. The van der Waals surface area contributed by atoms with Gasteiger partial charge in [-0.1, -0.05) is 30.3 Å². The Balaban J connectivity index is 1.26. The number of aromatic nitrogens is 2. The zero-order valence-electron chi connectivity index (χ0n) is 18.0. The summed E-state index contributed by atoms with van der Waals surface area (Å²) in [6, 6.07) is 17.8. The van der Waals surface area contributed by atoms with Gasteiger partial charge in [0, 0.05) is 17.8 Å². The van der Waals surface area contributed by atoms with Crippen LogP contribution in [0.15, 0.2) is 65.8 Å². The predicted octanol–water partition coefficient (Wildman–Crippen LogP) is 5.03. The minimum atomic E-state index is -3.51. The van der Waals surface area contributed by atoms with E-state index in [-0.39, 0.29) is 0 Å². The summed E-state index contributed by atoms with van der Waals surface area (Å²) in [7, 11) is -3.51. The van der Waals surface area contributed by atoms with Crippen molar-refractivity contribution >= 4 is 27.6 Å². The monoisotopic (exact) mass is 469 g/mol. The number of thioether (sulfide) groups is 1. The lowest BCUT2D eigenvalue weighted by atomic mass is 9.97. The lowest BCUT2D eigenvalue weighted by Crippen LogP contribution is -2.12. The van der Waals surface area contributed by atoms with Crippen LogP contribution in [0.3, 0.4) is 0 Å². The molecule has 0 bridgehead atoms. The van der Waals surface area contributed by atoms with Crippen LogP contribution in [0, 0.1) is 5.92 Å². The Labute approximate surface area is 193 Å². The van der Waals surface area contributed by atoms with Crippen molar-refractivity contribution in [1.82, 2.24) is 10.2 Å². The first kappa shape index (κ1) is 22.6. The van der Waals surface area contributed by atoms with Gasteiger partial charge in [-0.3, -0.25) is 0 Å². The van der Waals surface area contributed by atoms with E-state index in [2.05, 4.69) is 33.7 Å². The van der Waals surface area contributed by atoms with Crippen molar-refractivity contribution in [2.45, 2.75) is 30.7 Å². The van der Waals surface area contributed by atoms with E-state index in [1.54, 1.807) is 24.0 Å². The van der Waals surface area contributed by atoms with Crippen LogP contribution in [-0.4, -0.2) is 37.2 Å². The predicted molar refractivity (Wildman–Crippen MR) is 130 cm³/mol. The van der Waals surface area contributed by atoms with Gasteiger partial charge in [-0.2, -0.15) is 13.5 Å². The van der Waals surface area contributed by atoms with Gasteiger partial charge in [0.1, 0.15) is 10.8 Å². The SMILES string of the molecule is CS(=O)(=O)Oc1ccc2c(c1)CCC(CCCSc1cc(-c3ccccc3)cnn1)CN2. The highest BCUT2D eigenvalue weighted by molar-refractivity contribution is 7.99. The molecular formula is C24H27N3O3S2. The molecule has 0 amide bonds. The lowest BCUT2D eigenvalue weighted by Gasteiger charge is -2.14. The fourth-order valence-electron chi connectivity index (χ4n) is 3.89. The second-order valence-electron chi connectivity index (χ2n) is 8.03. The summed E-state index contributed by atoms with van der Waals surface area (Å²) in [6.07, 6.45) is 7.08. The molecule has 4 rings (SSSR count). The van der Waals surface area contributed by atoms with Crippen LogP contribution in [0.1, 0.15) is 24.8 Å². The first-order chi connectivity index (χ1) is 15.5. The maximum atomic E-state index is 11.4. The maximum Gasteiger partial charge on any atom is 0.306 e. The van der Waals surface area contributed by atoms with Crippen LogP contribution >= 0.6 is 11.8 Å². The molecule has 32 heavy (non-hydrogen) atoms. The van der Waals surface area contributed by atoms with Crippen LogP contribution in [0.25, 0.3) is 11.1 Å². The van der Waals surface area contributed by atoms with E-state index >= 15 is 0 Å². The number of fused-ring (bicyclic) bond motifs is 1. The summed E-state index contributed by atoms with van der Waals surface area (Å²) in [5, 5.41) is 12.9. The second-order valence-corrected chi connectivity index (χ2v) is 10.7. The van der Waals surface area contributed by atoms with Crippen molar-refractivity contribution in [1.29, 1.82) is 0 Å². The molecule has 1 unspecified atom stereocenters. The molecule has 0 saturated heterocycles. The van der Waals surface area contributed by atoms with Crippen molar-refractivity contribution in [3.8, 4) is 16.9 Å². The Morgan fingerprint density at radius 2 is 1.97 bits per heavy atom. The summed E-state index contributed by atoms with van der Waals surface area (Å²) < 4.78 is 27.8. The molecule has 0 aliphatic carbocycles. The van der Waals surface area contributed by atoms with Crippen LogP contribution in [0.2, 0.25) is 0 Å². The highest BCUT2D eigenvalue weighted by Gasteiger charge is 2.17. The van der Waals surface area contributed by atoms with Crippen molar-refractivity contribution < 1.29 is 12.6 Å². The van der Waals surface area contributed by atoms with Crippen molar-refractivity contribution in [2.75, 3.05) is 23.9 Å². The van der Waals surface area contributed by atoms with E-state index in [1.165, 1.54) is 0 Å². The van der Waals surface area contributed by atoms with Gasteiger partial charge in [-0.25, -0.2) is 0 Å². The minimum Gasteiger partial charge on any atom is -0.385 e. The Bertz CT molecular complexity index is 1150. The number of hydrogen-bond acceptors (Lipinski definition) is 7. The first-order valence-electron chi connectivity index (χ1n) is 10.7. The van der Waals surface area contributed by atoms with Gasteiger partial charge < -0.3 is 9.50 Å². The van der Waals surface area contributed by atoms with Crippen molar-refractivity contribution in [3.63, 3.8) is 0 Å². The number of anilines is 1. The second kappa shape index (κ2) is 10.4. The molecule has 0 fully saturated rings. The van der Waals surface area contributed by atoms with Crippen molar-refractivity contribution in [3.05, 3.63) is 66.4 Å². The molecule has 1 N–H and O–H groups in total. The normalized spacial score (nSPS) is 16.0. The Morgan fingerprint density at radius 1 is 1.12 bits per heavy atom. The quantitative estimate of drug-likeness (QED) is 0.281. The third kappa shape index (κ3) is 6.46. The number of nitrogens with zero attached hydrogens (tertiary/aromatic N) is 2. The summed E-state index contributed by atoms with van der Waals surface area (Å²) in [5.41, 5.74) is 4.42. The molecule has 0 saturated carbocycles. The van der Waals surface area contributed by atoms with E-state index in [1.807, 2.05) is 30.3 Å². The first-order valence-corrected chi connectivity index (χ1v) is 13.5. The molecule has 2 aromatic carbocycles. The lowest BCUT2D eigenvalue weighted by molar-refractivity contribution is 0.475. The van der Waals surface area contributed by atoms with Gasteiger partial charge in [0.25, 0.3) is 0 Å². The van der Waals surface area contributed by atoms with Crippen molar-refractivity contribution in [2.24, 2.45) is 5.92 Å². The van der Waals surface area contributed by atoms with E-state index in [9.17, 15) is 8.42 Å². The fraction of sp³-hybridized carbons (Fsp3) is 0.333. The number of rotatable bonds is 8. The van der Waals surface area contributed by atoms with E-state index in [4.69, 9.17) is 4.18 Å². The third-order valence-corrected chi connectivity index (χ3v) is 6.96. The minimum absolute atomic E-state index is 0.377. The Kier molecular flexibility index (Phi) is 7.32. The van der Waals surface area contributed by atoms with Crippen LogP contribution in [0.4, 0.5) is 5.69 Å². The van der Waals surface area contributed by atoms with E-state index in [0.717, 1.165) is 71.6 Å². The Morgan fingerprint density at radius 3 is 2.78 bits per heavy atom. The van der Waals surface area contributed by atoms with E-state index < -0.39 is 10.1 Å². The van der Waals surface area contributed by atoms with Gasteiger partial charge >= 0.3 is 10.1 Å². The number of hydrogen-bond donors (Lipinski definition) is 1. The molecule has 1 aromatic heterocycles. The molecule has 0 spiro atoms. The Hall–Kier alpha value is -2.58. The van der Waals surface area contributed by atoms with Gasteiger partial charge in [0.15, 0.2) is 0 Å². The van der Waals surface area contributed by atoms with Crippen LogP contribution in [-0.2, 0) is 16.5 Å². The molecule has 8 heteroatoms. The average molecular weight is 470 g/mol. The largest absolute Gasteiger partial charge is 0.385 e. The third-order valence-electron chi connectivity index (χ3n) is 5.47. The smallest absolute Gasteiger partial charge is 0.306 e. The molecule has 168 valence electrons. The zero-order chi connectivity index (χ0) is 22.4. The van der Waals surface area contributed by atoms with Crippen LogP contribution < -0.4 is 9.50 Å². The maximum absolute atomic E-state index is 11.4. The summed E-state index contributed by atoms with van der Waals surface area (Å²) in [5.74, 6) is 1.95. The molecule has 2 heterocycles. The molecule has 3 aromatic rings. The summed E-state index contributed by atoms with van der Waals surface area (Å²) in [4.78, 5) is 0. The molecule has 0 radical (unpaired) electrons. The van der Waals surface area contributed by atoms with Gasteiger partial charge in [0.05, 0.1) is 12.5 Å². The number of benzene rings is 2. The molecule has 1 aliphatic heterocycles. The van der Waals surface area contributed by atoms with Crippen LogP contribution in [0.5, 0.6) is 5.75 Å². The molecule has 1 aliphatic rings. The number of nitrogens with one attached hydrogen (secondary N) is 1. The molecule has 6 nitrogen and oxygen atoms in total. The standard InChI is InChI=1S/C24H27N3O3S2/c1-32(28,29)30-22-11-12-23-20(14-22)10-9-18(16-25-23)6-5-13-31-24-15-21(17-26-27-24)19-7-3-2-4-8-19/h2-4,7-8,11-12,14-15,17-18,25H,5-6,9-10,13,16H2,1H3. The van der Waals surface area contributed by atoms with E-state index in [0.29, 0.717) is 11.7 Å². The fourth-order valence-corrected chi connectivity index (χ4v) is 5.18.